The molecule has 2 aliphatic heterocycles. The number of hydrogen-bond acceptors (Lipinski definition) is 8. The molecule has 2 aromatic carbocycles. The van der Waals surface area contributed by atoms with Crippen molar-refractivity contribution in [2.45, 2.75) is 39.3 Å². The van der Waals surface area contributed by atoms with Crippen LogP contribution in [0.4, 0.5) is 11.5 Å². The van der Waals surface area contributed by atoms with Gasteiger partial charge in [-0.25, -0.2) is 9.97 Å². The molecule has 3 N–H and O–H groups in total. The summed E-state index contributed by atoms with van der Waals surface area (Å²) in [5, 5.41) is 4.32. The Balaban J connectivity index is 1.55. The maximum absolute atomic E-state index is 13.5. The van der Waals surface area contributed by atoms with Crippen LogP contribution in [0.25, 0.3) is 10.9 Å². The fraction of sp³-hybridized carbons (Fsp3) is 0.444. The van der Waals surface area contributed by atoms with Crippen LogP contribution in [-0.4, -0.2) is 66.4 Å². The van der Waals surface area contributed by atoms with Crippen molar-refractivity contribution in [1.29, 1.82) is 0 Å². The summed E-state index contributed by atoms with van der Waals surface area (Å²) in [5.41, 5.74) is 10.2. The number of nitrogens with two attached hydrogens (primary N) is 1. The van der Waals surface area contributed by atoms with Crippen molar-refractivity contribution >= 4 is 28.3 Å². The van der Waals surface area contributed by atoms with Gasteiger partial charge in [-0.05, 0) is 56.2 Å². The van der Waals surface area contributed by atoms with E-state index in [4.69, 9.17) is 24.9 Å². The lowest BCUT2D eigenvalue weighted by atomic mass is 10.0. The lowest BCUT2D eigenvalue weighted by molar-refractivity contribution is 0.0299. The molecule has 5 rings (SSSR count). The number of aromatic nitrogens is 2. The molecule has 9 heteroatoms. The van der Waals surface area contributed by atoms with Crippen LogP contribution in [0.5, 0.6) is 5.75 Å². The number of carbonyl (C=O) groups excluding carboxylic acids is 1. The van der Waals surface area contributed by atoms with E-state index in [1.54, 1.807) is 4.90 Å². The highest BCUT2D eigenvalue weighted by molar-refractivity contribution is 6.03. The molecule has 0 bridgehead atoms. The zero-order chi connectivity index (χ0) is 25.2. The molecule has 2 aliphatic rings. The number of benzene rings is 2. The molecule has 36 heavy (non-hydrogen) atoms. The molecule has 9 nitrogen and oxygen atoms in total. The Morgan fingerprint density at radius 3 is 2.64 bits per heavy atom. The zero-order valence-corrected chi connectivity index (χ0v) is 21.0. The van der Waals surface area contributed by atoms with Gasteiger partial charge in [0, 0.05) is 30.6 Å². The number of morpholine rings is 1. The Bertz CT molecular complexity index is 1250. The van der Waals surface area contributed by atoms with Crippen LogP contribution in [0, 0.1) is 13.8 Å². The van der Waals surface area contributed by atoms with E-state index in [0.717, 1.165) is 28.6 Å². The van der Waals surface area contributed by atoms with Gasteiger partial charge in [-0.15, -0.1) is 0 Å². The number of anilines is 2. The quantitative estimate of drug-likeness (QED) is 0.503. The molecule has 190 valence electrons. The molecule has 0 radical (unpaired) electrons. The monoisotopic (exact) mass is 491 g/mol. The van der Waals surface area contributed by atoms with Gasteiger partial charge < -0.3 is 30.2 Å². The van der Waals surface area contributed by atoms with Gasteiger partial charge in [0.25, 0.3) is 5.91 Å². The van der Waals surface area contributed by atoms with Crippen LogP contribution < -0.4 is 15.8 Å². The van der Waals surface area contributed by atoms with E-state index in [-0.39, 0.29) is 18.1 Å². The summed E-state index contributed by atoms with van der Waals surface area (Å²) in [4.78, 5) is 24.7. The number of ether oxygens (including phenoxy) is 3. The van der Waals surface area contributed by atoms with Crippen LogP contribution in [0.15, 0.2) is 30.3 Å². The van der Waals surface area contributed by atoms with Crippen molar-refractivity contribution in [2.75, 3.05) is 50.6 Å². The number of nitrogen functional groups attached to an aromatic ring is 1. The molecule has 0 aliphatic carbocycles. The number of rotatable bonds is 6. The molecule has 0 spiro atoms. The maximum Gasteiger partial charge on any atom is 0.257 e. The molecule has 3 heterocycles. The third-order valence-corrected chi connectivity index (χ3v) is 6.59. The minimum absolute atomic E-state index is 0.0491. The number of nitrogens with zero attached hydrogens (tertiary/aromatic N) is 3. The SMILES string of the molecule is Cc1cc(N)cc([C@@H](C)Nc2nc(C)nc3cc(C(=O)N4CCOCC4)c(O[C@H]4CCOC4)cc23)c1. The lowest BCUT2D eigenvalue weighted by Gasteiger charge is -2.28. The Hall–Kier alpha value is -3.43. The van der Waals surface area contributed by atoms with Crippen LogP contribution in [0.3, 0.4) is 0 Å². The number of amides is 1. The minimum Gasteiger partial charge on any atom is -0.487 e. The highest BCUT2D eigenvalue weighted by Crippen LogP contribution is 2.33. The zero-order valence-electron chi connectivity index (χ0n) is 21.0. The summed E-state index contributed by atoms with van der Waals surface area (Å²) in [6.45, 7) is 9.27. The molecule has 2 saturated heterocycles. The van der Waals surface area contributed by atoms with Crippen LogP contribution in [0.2, 0.25) is 0 Å². The van der Waals surface area contributed by atoms with Crippen molar-refractivity contribution in [3.05, 3.63) is 52.8 Å². The second-order valence-electron chi connectivity index (χ2n) is 9.54. The number of hydrogen-bond donors (Lipinski definition) is 2. The fourth-order valence-corrected chi connectivity index (χ4v) is 4.75. The smallest absolute Gasteiger partial charge is 0.257 e. The first-order valence-corrected chi connectivity index (χ1v) is 12.4. The fourth-order valence-electron chi connectivity index (χ4n) is 4.75. The molecule has 0 saturated carbocycles. The van der Waals surface area contributed by atoms with Crippen molar-refractivity contribution in [1.82, 2.24) is 14.9 Å². The topological polar surface area (TPSA) is 112 Å². The molecular weight excluding hydrogens is 458 g/mol. The number of nitrogens with one attached hydrogen (secondary N) is 1. The van der Waals surface area contributed by atoms with Gasteiger partial charge in [0.15, 0.2) is 0 Å². The number of carbonyl (C=O) groups is 1. The predicted molar refractivity (Wildman–Crippen MR) is 138 cm³/mol. The first-order chi connectivity index (χ1) is 17.4. The second-order valence-corrected chi connectivity index (χ2v) is 9.54. The van der Waals surface area contributed by atoms with Crippen molar-refractivity contribution in [3.8, 4) is 5.75 Å². The van der Waals surface area contributed by atoms with E-state index < -0.39 is 0 Å². The lowest BCUT2D eigenvalue weighted by Crippen LogP contribution is -2.41. The van der Waals surface area contributed by atoms with Gasteiger partial charge in [-0.2, -0.15) is 0 Å². The highest BCUT2D eigenvalue weighted by Gasteiger charge is 2.26. The van der Waals surface area contributed by atoms with Crippen LogP contribution in [-0.2, 0) is 9.47 Å². The summed E-state index contributed by atoms with van der Waals surface area (Å²) in [6.07, 6.45) is 0.681. The Labute approximate surface area is 210 Å². The average Bonchev–Trinajstić information content (AvgIpc) is 3.36. The van der Waals surface area contributed by atoms with E-state index in [1.807, 2.05) is 38.1 Å². The average molecular weight is 492 g/mol. The van der Waals surface area contributed by atoms with Crippen molar-refractivity contribution in [3.63, 3.8) is 0 Å². The van der Waals surface area contributed by atoms with Gasteiger partial charge in [0.1, 0.15) is 23.5 Å². The van der Waals surface area contributed by atoms with Gasteiger partial charge in [0.05, 0.1) is 43.5 Å². The standard InChI is InChI=1S/C27H33N5O4/c1-16-10-19(12-20(28)11-16)17(2)29-26-22-14-25(36-21-4-7-35-15-21)23(13-24(22)30-18(3)31-26)27(33)32-5-8-34-9-6-32/h10-14,17,21H,4-9,15,28H2,1-3H3,(H,29,30,31)/t17-,21+/m1/s1. The molecule has 0 unspecified atom stereocenters. The van der Waals surface area contributed by atoms with E-state index in [2.05, 4.69) is 23.3 Å². The summed E-state index contributed by atoms with van der Waals surface area (Å²) in [7, 11) is 0. The van der Waals surface area contributed by atoms with Gasteiger partial charge in [-0.1, -0.05) is 6.07 Å². The van der Waals surface area contributed by atoms with Crippen LogP contribution >= 0.6 is 0 Å². The number of fused-ring (bicyclic) bond motifs is 1. The summed E-state index contributed by atoms with van der Waals surface area (Å²) < 4.78 is 17.3. The summed E-state index contributed by atoms with van der Waals surface area (Å²) in [5.74, 6) is 1.74. The maximum atomic E-state index is 13.5. The van der Waals surface area contributed by atoms with E-state index in [9.17, 15) is 4.79 Å². The van der Waals surface area contributed by atoms with E-state index in [1.165, 1.54) is 0 Å². The normalized spacial score (nSPS) is 18.9. The van der Waals surface area contributed by atoms with Gasteiger partial charge in [-0.3, -0.25) is 4.79 Å². The Morgan fingerprint density at radius 2 is 1.92 bits per heavy atom. The molecule has 1 aromatic heterocycles. The Kier molecular flexibility index (Phi) is 6.93. The molecule has 1 amide bonds. The molecule has 2 atom stereocenters. The Morgan fingerprint density at radius 1 is 1.11 bits per heavy atom. The first kappa shape index (κ1) is 24.3. The van der Waals surface area contributed by atoms with Gasteiger partial charge >= 0.3 is 0 Å². The first-order valence-electron chi connectivity index (χ1n) is 12.4. The second kappa shape index (κ2) is 10.3. The number of aryl methyl sites for hydroxylation is 2. The summed E-state index contributed by atoms with van der Waals surface area (Å²) >= 11 is 0. The largest absolute Gasteiger partial charge is 0.487 e. The van der Waals surface area contributed by atoms with Gasteiger partial charge in [0.2, 0.25) is 0 Å². The van der Waals surface area contributed by atoms with E-state index in [0.29, 0.717) is 68.0 Å². The minimum atomic E-state index is -0.101. The predicted octanol–water partition coefficient (Wildman–Crippen LogP) is 3.64. The molecule has 2 fully saturated rings. The van der Waals surface area contributed by atoms with Crippen LogP contribution in [0.1, 0.15) is 46.7 Å². The third kappa shape index (κ3) is 5.22. The van der Waals surface area contributed by atoms with Crippen molar-refractivity contribution in [2.24, 2.45) is 0 Å². The molecule has 3 aromatic rings. The van der Waals surface area contributed by atoms with E-state index >= 15 is 0 Å². The molecular formula is C27H33N5O4. The highest BCUT2D eigenvalue weighted by atomic mass is 16.5. The third-order valence-electron chi connectivity index (χ3n) is 6.59. The van der Waals surface area contributed by atoms with Crippen molar-refractivity contribution < 1.29 is 19.0 Å². The summed E-state index contributed by atoms with van der Waals surface area (Å²) in [6, 6.07) is 9.69.